The van der Waals surface area contributed by atoms with Crippen LogP contribution < -0.4 is 0 Å². The van der Waals surface area contributed by atoms with Crippen LogP contribution in [0.25, 0.3) is 0 Å². The molecular formula is C16H18N4O. The lowest BCUT2D eigenvalue weighted by molar-refractivity contribution is 0.234. The molecule has 1 aliphatic rings. The zero-order valence-corrected chi connectivity index (χ0v) is 12.1. The van der Waals surface area contributed by atoms with Gasteiger partial charge in [-0.05, 0) is 31.0 Å². The Hall–Kier alpha value is -2.19. The standard InChI is InChI=1S/C16H18N4O/c1-2-15-18-16(19-21-15)14-8-5-9-20(14)11-13-7-4-3-6-12(13)10-17/h3-4,6-7,14H,2,5,8-9,11H2,1H3/t14-/m1/s1. The first kappa shape index (κ1) is 13.8. The van der Waals surface area contributed by atoms with Crippen molar-refractivity contribution in [2.24, 2.45) is 0 Å². The number of aromatic nitrogens is 2. The fourth-order valence-electron chi connectivity index (χ4n) is 2.84. The highest BCUT2D eigenvalue weighted by Gasteiger charge is 2.30. The first-order valence-electron chi connectivity index (χ1n) is 7.36. The first-order chi connectivity index (χ1) is 10.3. The van der Waals surface area contributed by atoms with Gasteiger partial charge in [0.2, 0.25) is 5.89 Å². The van der Waals surface area contributed by atoms with Gasteiger partial charge in [0, 0.05) is 13.0 Å². The zero-order valence-electron chi connectivity index (χ0n) is 12.1. The van der Waals surface area contributed by atoms with Gasteiger partial charge in [0.05, 0.1) is 17.7 Å². The van der Waals surface area contributed by atoms with Gasteiger partial charge in [0.25, 0.3) is 0 Å². The summed E-state index contributed by atoms with van der Waals surface area (Å²) in [6.45, 7) is 3.76. The van der Waals surface area contributed by atoms with Crippen LogP contribution in [-0.2, 0) is 13.0 Å². The molecule has 5 nitrogen and oxygen atoms in total. The highest BCUT2D eigenvalue weighted by atomic mass is 16.5. The fourth-order valence-corrected chi connectivity index (χ4v) is 2.84. The van der Waals surface area contributed by atoms with E-state index in [2.05, 4.69) is 21.1 Å². The molecule has 1 aliphatic heterocycles. The molecule has 0 saturated carbocycles. The quantitative estimate of drug-likeness (QED) is 0.862. The van der Waals surface area contributed by atoms with Crippen LogP contribution in [0, 0.1) is 11.3 Å². The Bertz CT molecular complexity index is 658. The van der Waals surface area contributed by atoms with E-state index in [0.29, 0.717) is 5.89 Å². The molecule has 21 heavy (non-hydrogen) atoms. The van der Waals surface area contributed by atoms with Crippen molar-refractivity contribution in [3.63, 3.8) is 0 Å². The molecule has 3 rings (SSSR count). The van der Waals surface area contributed by atoms with Gasteiger partial charge >= 0.3 is 0 Å². The number of rotatable bonds is 4. The van der Waals surface area contributed by atoms with Gasteiger partial charge in [-0.25, -0.2) is 0 Å². The molecule has 1 aromatic carbocycles. The van der Waals surface area contributed by atoms with Crippen molar-refractivity contribution in [3.05, 3.63) is 47.1 Å². The van der Waals surface area contributed by atoms with Gasteiger partial charge in [-0.15, -0.1) is 0 Å². The number of likely N-dealkylation sites (tertiary alicyclic amines) is 1. The molecule has 1 atom stereocenters. The SMILES string of the molecule is CCc1nc([C@H]2CCCN2Cc2ccccc2C#N)no1. The number of hydrogen-bond donors (Lipinski definition) is 0. The summed E-state index contributed by atoms with van der Waals surface area (Å²) in [5, 5.41) is 13.3. The minimum Gasteiger partial charge on any atom is -0.339 e. The highest BCUT2D eigenvalue weighted by molar-refractivity contribution is 5.37. The van der Waals surface area contributed by atoms with Crippen molar-refractivity contribution >= 4 is 0 Å². The van der Waals surface area contributed by atoms with Gasteiger partial charge in [0.15, 0.2) is 5.82 Å². The Kier molecular flexibility index (Phi) is 3.98. The van der Waals surface area contributed by atoms with E-state index in [1.54, 1.807) is 0 Å². The van der Waals surface area contributed by atoms with Gasteiger partial charge in [-0.1, -0.05) is 30.3 Å². The van der Waals surface area contributed by atoms with E-state index in [0.717, 1.165) is 49.3 Å². The van der Waals surface area contributed by atoms with Crippen LogP contribution in [0.3, 0.4) is 0 Å². The summed E-state index contributed by atoms with van der Waals surface area (Å²) >= 11 is 0. The molecule has 1 fully saturated rings. The second-order valence-corrected chi connectivity index (χ2v) is 5.30. The lowest BCUT2D eigenvalue weighted by Gasteiger charge is -2.22. The molecule has 1 saturated heterocycles. The van der Waals surface area contributed by atoms with Gasteiger partial charge in [-0.2, -0.15) is 10.2 Å². The van der Waals surface area contributed by atoms with Gasteiger partial charge in [0.1, 0.15) is 0 Å². The van der Waals surface area contributed by atoms with E-state index in [9.17, 15) is 5.26 Å². The second-order valence-electron chi connectivity index (χ2n) is 5.30. The number of benzene rings is 1. The Balaban J connectivity index is 1.80. The topological polar surface area (TPSA) is 66.0 Å². The van der Waals surface area contributed by atoms with Crippen LogP contribution in [0.15, 0.2) is 28.8 Å². The Morgan fingerprint density at radius 2 is 2.29 bits per heavy atom. The normalized spacial score (nSPS) is 18.8. The number of nitrogens with zero attached hydrogens (tertiary/aromatic N) is 4. The van der Waals surface area contributed by atoms with E-state index >= 15 is 0 Å². The molecule has 5 heteroatoms. The molecule has 0 bridgehead atoms. The summed E-state index contributed by atoms with van der Waals surface area (Å²) in [7, 11) is 0. The average Bonchev–Trinajstić information content (AvgIpc) is 3.16. The summed E-state index contributed by atoms with van der Waals surface area (Å²) in [5.74, 6) is 1.47. The lowest BCUT2D eigenvalue weighted by Crippen LogP contribution is -2.24. The second kappa shape index (κ2) is 6.06. The molecule has 0 aliphatic carbocycles. The van der Waals surface area contributed by atoms with Crippen LogP contribution in [0.2, 0.25) is 0 Å². The van der Waals surface area contributed by atoms with Crippen molar-refractivity contribution in [2.75, 3.05) is 6.54 Å². The molecule has 108 valence electrons. The fraction of sp³-hybridized carbons (Fsp3) is 0.438. The van der Waals surface area contributed by atoms with Crippen molar-refractivity contribution < 1.29 is 4.52 Å². The lowest BCUT2D eigenvalue weighted by atomic mass is 10.1. The minimum absolute atomic E-state index is 0.195. The monoisotopic (exact) mass is 282 g/mol. The molecule has 0 unspecified atom stereocenters. The van der Waals surface area contributed by atoms with E-state index in [4.69, 9.17) is 4.52 Å². The van der Waals surface area contributed by atoms with Crippen LogP contribution in [0.5, 0.6) is 0 Å². The number of nitriles is 1. The maximum Gasteiger partial charge on any atom is 0.226 e. The van der Waals surface area contributed by atoms with Crippen LogP contribution in [-0.4, -0.2) is 21.6 Å². The summed E-state index contributed by atoms with van der Waals surface area (Å²) < 4.78 is 5.23. The van der Waals surface area contributed by atoms with Crippen LogP contribution in [0.4, 0.5) is 0 Å². The third-order valence-corrected chi connectivity index (χ3v) is 3.96. The smallest absolute Gasteiger partial charge is 0.226 e. The third-order valence-electron chi connectivity index (χ3n) is 3.96. The third kappa shape index (κ3) is 2.81. The number of aryl methyl sites for hydroxylation is 1. The van der Waals surface area contributed by atoms with E-state index in [1.807, 2.05) is 31.2 Å². The summed E-state index contributed by atoms with van der Waals surface area (Å²) in [6.07, 6.45) is 2.92. The largest absolute Gasteiger partial charge is 0.339 e. The van der Waals surface area contributed by atoms with Gasteiger partial charge < -0.3 is 4.52 Å². The van der Waals surface area contributed by atoms with Crippen molar-refractivity contribution in [3.8, 4) is 6.07 Å². The molecule has 2 aromatic rings. The van der Waals surface area contributed by atoms with Crippen molar-refractivity contribution in [1.82, 2.24) is 15.0 Å². The predicted octanol–water partition coefficient (Wildman–Crippen LogP) is 2.84. The van der Waals surface area contributed by atoms with Gasteiger partial charge in [-0.3, -0.25) is 4.90 Å². The summed E-state index contributed by atoms with van der Waals surface area (Å²) in [6, 6.07) is 10.2. The number of hydrogen-bond acceptors (Lipinski definition) is 5. The molecule has 1 aromatic heterocycles. The predicted molar refractivity (Wildman–Crippen MR) is 77.2 cm³/mol. The molecule has 0 radical (unpaired) electrons. The van der Waals surface area contributed by atoms with E-state index in [-0.39, 0.29) is 6.04 Å². The Morgan fingerprint density at radius 1 is 1.43 bits per heavy atom. The molecule has 0 N–H and O–H groups in total. The first-order valence-corrected chi connectivity index (χ1v) is 7.36. The summed E-state index contributed by atoms with van der Waals surface area (Å²) in [5.41, 5.74) is 1.80. The van der Waals surface area contributed by atoms with Crippen molar-refractivity contribution in [2.45, 2.75) is 38.8 Å². The summed E-state index contributed by atoms with van der Waals surface area (Å²) in [4.78, 5) is 6.79. The zero-order chi connectivity index (χ0) is 14.7. The molecule has 0 amide bonds. The molecule has 2 heterocycles. The highest BCUT2D eigenvalue weighted by Crippen LogP contribution is 2.31. The van der Waals surface area contributed by atoms with Crippen LogP contribution >= 0.6 is 0 Å². The Labute approximate surface area is 124 Å². The van der Waals surface area contributed by atoms with E-state index in [1.165, 1.54) is 0 Å². The Morgan fingerprint density at radius 3 is 3.05 bits per heavy atom. The maximum atomic E-state index is 9.20. The molecular weight excluding hydrogens is 264 g/mol. The van der Waals surface area contributed by atoms with Crippen molar-refractivity contribution in [1.29, 1.82) is 5.26 Å². The minimum atomic E-state index is 0.195. The van der Waals surface area contributed by atoms with E-state index < -0.39 is 0 Å². The maximum absolute atomic E-state index is 9.20. The van der Waals surface area contributed by atoms with Crippen LogP contribution in [0.1, 0.15) is 48.6 Å². The average molecular weight is 282 g/mol. The molecule has 0 spiro atoms.